The molecule has 32 heavy (non-hydrogen) atoms. The first-order valence-corrected chi connectivity index (χ1v) is 11.2. The number of thiazole rings is 1. The summed E-state index contributed by atoms with van der Waals surface area (Å²) in [7, 11) is 0. The Morgan fingerprint density at radius 3 is 2.28 bits per heavy atom. The highest BCUT2D eigenvalue weighted by Crippen LogP contribution is 2.20. The predicted octanol–water partition coefficient (Wildman–Crippen LogP) is 4.85. The van der Waals surface area contributed by atoms with Crippen molar-refractivity contribution in [2.24, 2.45) is 0 Å². The van der Waals surface area contributed by atoms with Gasteiger partial charge in [-0.25, -0.2) is 4.39 Å². The zero-order chi connectivity index (χ0) is 21.1. The van der Waals surface area contributed by atoms with Gasteiger partial charge in [-0.05, 0) is 68.8 Å². The Hall–Kier alpha value is -1.93. The van der Waals surface area contributed by atoms with Gasteiger partial charge in [0.15, 0.2) is 5.78 Å². The van der Waals surface area contributed by atoms with Crippen molar-refractivity contribution in [3.63, 3.8) is 0 Å². The number of benzene rings is 2. The molecule has 0 aliphatic carbocycles. The molecule has 1 aliphatic rings. The van der Waals surface area contributed by atoms with Crippen LogP contribution in [-0.4, -0.2) is 48.0 Å². The third-order valence-electron chi connectivity index (χ3n) is 5.74. The Morgan fingerprint density at radius 2 is 1.62 bits per heavy atom. The second-order valence-corrected chi connectivity index (χ2v) is 8.76. The standard InChI is InChI=1S/C23H26FN3O2S.2ClH/c1-17(28)18-4-9-21-22(16-18)30-23(29)27(21)11-3-2-10-25-12-14-26(15-13-25)20-7-5-19(24)6-8-20;;/h4-9,16H,2-3,10-15H2,1H3;2*1H. The highest BCUT2D eigenvalue weighted by molar-refractivity contribution is 7.16. The monoisotopic (exact) mass is 499 g/mol. The number of piperazine rings is 1. The molecule has 5 nitrogen and oxygen atoms in total. The summed E-state index contributed by atoms with van der Waals surface area (Å²) >= 11 is 1.21. The molecule has 3 aromatic rings. The molecule has 4 rings (SSSR count). The molecule has 1 fully saturated rings. The first-order valence-electron chi connectivity index (χ1n) is 10.4. The SMILES string of the molecule is CC(=O)c1ccc2c(c1)sc(=O)n2CCCCN1CCN(c2ccc(F)cc2)CC1.Cl.Cl. The molecule has 0 unspecified atom stereocenters. The third-order valence-corrected chi connectivity index (χ3v) is 6.69. The number of fused-ring (bicyclic) bond motifs is 1. The van der Waals surface area contributed by atoms with Crippen LogP contribution in [-0.2, 0) is 6.54 Å². The van der Waals surface area contributed by atoms with E-state index in [0.717, 1.165) is 61.5 Å². The average molecular weight is 500 g/mol. The van der Waals surface area contributed by atoms with Gasteiger partial charge in [-0.1, -0.05) is 11.3 Å². The summed E-state index contributed by atoms with van der Waals surface area (Å²) in [5.74, 6) is -0.182. The lowest BCUT2D eigenvalue weighted by Crippen LogP contribution is -2.46. The molecular weight excluding hydrogens is 472 g/mol. The van der Waals surface area contributed by atoms with Gasteiger partial charge in [-0.3, -0.25) is 19.1 Å². The van der Waals surface area contributed by atoms with E-state index in [0.29, 0.717) is 12.1 Å². The number of aromatic nitrogens is 1. The second kappa shape index (κ2) is 11.8. The van der Waals surface area contributed by atoms with Crippen LogP contribution in [0, 0.1) is 5.82 Å². The van der Waals surface area contributed by atoms with E-state index in [1.54, 1.807) is 13.0 Å². The average Bonchev–Trinajstić information content (AvgIpc) is 3.06. The zero-order valence-electron chi connectivity index (χ0n) is 18.0. The molecule has 0 saturated carbocycles. The number of hydrogen-bond donors (Lipinski definition) is 0. The van der Waals surface area contributed by atoms with Gasteiger partial charge in [0, 0.05) is 44.0 Å². The van der Waals surface area contributed by atoms with Gasteiger partial charge in [-0.15, -0.1) is 24.8 Å². The number of nitrogens with zero attached hydrogens (tertiary/aromatic N) is 3. The third kappa shape index (κ3) is 6.10. The van der Waals surface area contributed by atoms with Gasteiger partial charge in [-0.2, -0.15) is 0 Å². The highest BCUT2D eigenvalue weighted by Gasteiger charge is 2.17. The van der Waals surface area contributed by atoms with Crippen LogP contribution in [0.15, 0.2) is 47.3 Å². The molecule has 0 spiro atoms. The number of anilines is 1. The first-order chi connectivity index (χ1) is 14.5. The highest BCUT2D eigenvalue weighted by atomic mass is 35.5. The molecule has 2 aromatic carbocycles. The minimum Gasteiger partial charge on any atom is -0.369 e. The Labute approximate surface area is 203 Å². The van der Waals surface area contributed by atoms with E-state index < -0.39 is 0 Å². The molecule has 174 valence electrons. The fraction of sp³-hybridized carbons (Fsp3) is 0.391. The molecule has 1 aliphatic heterocycles. The summed E-state index contributed by atoms with van der Waals surface area (Å²) in [5, 5.41) is 0. The molecule has 0 radical (unpaired) electrons. The molecule has 0 N–H and O–H groups in total. The van der Waals surface area contributed by atoms with Gasteiger partial charge in [0.2, 0.25) is 0 Å². The van der Waals surface area contributed by atoms with Crippen molar-refractivity contribution in [1.29, 1.82) is 0 Å². The van der Waals surface area contributed by atoms with Crippen LogP contribution in [0.2, 0.25) is 0 Å². The Kier molecular flexibility index (Phi) is 9.70. The molecule has 1 aromatic heterocycles. The maximum absolute atomic E-state index is 13.1. The molecule has 0 atom stereocenters. The van der Waals surface area contributed by atoms with Crippen molar-refractivity contribution >= 4 is 57.8 Å². The second-order valence-electron chi connectivity index (χ2n) is 7.77. The lowest BCUT2D eigenvalue weighted by Gasteiger charge is -2.36. The van der Waals surface area contributed by atoms with E-state index in [1.165, 1.54) is 23.5 Å². The number of ketones is 1. The molecule has 1 saturated heterocycles. The number of Topliss-reactive ketones (excluding diaryl/α,β-unsaturated/α-hetero) is 1. The summed E-state index contributed by atoms with van der Waals surface area (Å²) in [5.41, 5.74) is 2.64. The fourth-order valence-electron chi connectivity index (χ4n) is 3.98. The minimum atomic E-state index is -0.200. The van der Waals surface area contributed by atoms with Crippen molar-refractivity contribution in [2.45, 2.75) is 26.3 Å². The van der Waals surface area contributed by atoms with Crippen LogP contribution < -0.4 is 9.77 Å². The molecular formula is C23H28Cl2FN3O2S. The predicted molar refractivity (Wildman–Crippen MR) is 135 cm³/mol. The van der Waals surface area contributed by atoms with Crippen LogP contribution in [0.1, 0.15) is 30.1 Å². The molecule has 0 bridgehead atoms. The molecule has 2 heterocycles. The van der Waals surface area contributed by atoms with Crippen LogP contribution in [0.3, 0.4) is 0 Å². The number of carbonyl (C=O) groups excluding carboxylic acids is 1. The van der Waals surface area contributed by atoms with Crippen molar-refractivity contribution in [3.05, 3.63) is 63.5 Å². The smallest absolute Gasteiger partial charge is 0.308 e. The summed E-state index contributed by atoms with van der Waals surface area (Å²) in [6, 6.07) is 12.2. The topological polar surface area (TPSA) is 45.6 Å². The van der Waals surface area contributed by atoms with E-state index in [2.05, 4.69) is 9.80 Å². The van der Waals surface area contributed by atoms with Crippen LogP contribution >= 0.6 is 36.2 Å². The maximum Gasteiger partial charge on any atom is 0.308 e. The van der Waals surface area contributed by atoms with E-state index in [1.807, 2.05) is 28.8 Å². The quantitative estimate of drug-likeness (QED) is 0.344. The van der Waals surface area contributed by atoms with Crippen molar-refractivity contribution in [1.82, 2.24) is 9.47 Å². The van der Waals surface area contributed by atoms with Gasteiger partial charge in [0.05, 0.1) is 10.2 Å². The normalized spacial score (nSPS) is 14.1. The minimum absolute atomic E-state index is 0. The number of rotatable bonds is 7. The van der Waals surface area contributed by atoms with Gasteiger partial charge in [0.25, 0.3) is 0 Å². The van der Waals surface area contributed by atoms with Crippen LogP contribution in [0.4, 0.5) is 10.1 Å². The summed E-state index contributed by atoms with van der Waals surface area (Å²) in [6.07, 6.45) is 1.98. The van der Waals surface area contributed by atoms with E-state index in [9.17, 15) is 14.0 Å². The lowest BCUT2D eigenvalue weighted by molar-refractivity contribution is 0.101. The lowest BCUT2D eigenvalue weighted by atomic mass is 10.1. The number of aryl methyl sites for hydroxylation is 1. The number of hydrogen-bond acceptors (Lipinski definition) is 5. The van der Waals surface area contributed by atoms with Gasteiger partial charge >= 0.3 is 4.87 Å². The van der Waals surface area contributed by atoms with E-state index in [4.69, 9.17) is 0 Å². The van der Waals surface area contributed by atoms with Gasteiger partial charge < -0.3 is 4.90 Å². The zero-order valence-corrected chi connectivity index (χ0v) is 20.4. The van der Waals surface area contributed by atoms with E-state index >= 15 is 0 Å². The Morgan fingerprint density at radius 1 is 0.969 bits per heavy atom. The Bertz CT molecular complexity index is 1090. The molecule has 9 heteroatoms. The number of unbranched alkanes of at least 4 members (excludes halogenated alkanes) is 1. The van der Waals surface area contributed by atoms with Crippen molar-refractivity contribution in [2.75, 3.05) is 37.6 Å². The summed E-state index contributed by atoms with van der Waals surface area (Å²) in [6.45, 7) is 7.13. The van der Waals surface area contributed by atoms with Crippen LogP contribution in [0.25, 0.3) is 10.2 Å². The number of halogens is 3. The Balaban J connectivity index is 0.00000181. The first kappa shape index (κ1) is 26.3. The fourth-order valence-corrected chi connectivity index (χ4v) is 4.94. The molecule has 0 amide bonds. The summed E-state index contributed by atoms with van der Waals surface area (Å²) in [4.78, 5) is 28.7. The van der Waals surface area contributed by atoms with E-state index in [-0.39, 0.29) is 41.3 Å². The van der Waals surface area contributed by atoms with Crippen LogP contribution in [0.5, 0.6) is 0 Å². The summed E-state index contributed by atoms with van der Waals surface area (Å²) < 4.78 is 15.8. The van der Waals surface area contributed by atoms with Gasteiger partial charge in [0.1, 0.15) is 5.82 Å². The van der Waals surface area contributed by atoms with Crippen molar-refractivity contribution < 1.29 is 9.18 Å². The van der Waals surface area contributed by atoms with Crippen molar-refractivity contribution in [3.8, 4) is 0 Å². The maximum atomic E-state index is 13.1. The largest absolute Gasteiger partial charge is 0.369 e. The number of carbonyl (C=O) groups is 1.